The highest BCUT2D eigenvalue weighted by Crippen LogP contribution is 2.24. The van der Waals surface area contributed by atoms with Crippen molar-refractivity contribution < 1.29 is 4.79 Å². The molecule has 2 rings (SSSR count). The standard InChI is InChI=1S/C13H15BrN4OS/c1-8-6-10(14)4-5-11(8)16-12(19)9(2)20-13-17-15-7-18(13)3/h4-7,9H,1-3H3,(H,16,19). The van der Waals surface area contributed by atoms with E-state index >= 15 is 0 Å². The van der Waals surface area contributed by atoms with Crippen LogP contribution in [0.2, 0.25) is 0 Å². The molecule has 1 amide bonds. The van der Waals surface area contributed by atoms with Crippen molar-refractivity contribution in [2.45, 2.75) is 24.3 Å². The molecule has 0 fully saturated rings. The van der Waals surface area contributed by atoms with Crippen molar-refractivity contribution in [2.24, 2.45) is 7.05 Å². The molecule has 20 heavy (non-hydrogen) atoms. The molecule has 0 bridgehead atoms. The van der Waals surface area contributed by atoms with Crippen molar-refractivity contribution in [1.29, 1.82) is 0 Å². The molecule has 0 saturated heterocycles. The van der Waals surface area contributed by atoms with Crippen molar-refractivity contribution in [3.05, 3.63) is 34.6 Å². The number of thioether (sulfide) groups is 1. The van der Waals surface area contributed by atoms with E-state index in [4.69, 9.17) is 0 Å². The average Bonchev–Trinajstić information content (AvgIpc) is 2.78. The van der Waals surface area contributed by atoms with Crippen LogP contribution < -0.4 is 5.32 Å². The number of nitrogens with one attached hydrogen (secondary N) is 1. The molecule has 2 aromatic rings. The fraction of sp³-hybridized carbons (Fsp3) is 0.308. The van der Waals surface area contributed by atoms with E-state index < -0.39 is 0 Å². The maximum absolute atomic E-state index is 12.2. The smallest absolute Gasteiger partial charge is 0.237 e. The highest BCUT2D eigenvalue weighted by Gasteiger charge is 2.17. The molecule has 0 aliphatic rings. The highest BCUT2D eigenvalue weighted by atomic mass is 79.9. The van der Waals surface area contributed by atoms with E-state index in [9.17, 15) is 4.79 Å². The first-order valence-corrected chi connectivity index (χ1v) is 7.72. The minimum Gasteiger partial charge on any atom is -0.325 e. The van der Waals surface area contributed by atoms with Crippen LogP contribution in [0.3, 0.4) is 0 Å². The zero-order valence-corrected chi connectivity index (χ0v) is 13.8. The van der Waals surface area contributed by atoms with Gasteiger partial charge in [-0.2, -0.15) is 0 Å². The fourth-order valence-corrected chi connectivity index (χ4v) is 2.86. The Bertz CT molecular complexity index is 629. The summed E-state index contributed by atoms with van der Waals surface area (Å²) in [4.78, 5) is 12.2. The Morgan fingerprint density at radius 2 is 2.25 bits per heavy atom. The number of carbonyl (C=O) groups is 1. The second kappa shape index (κ2) is 6.41. The average molecular weight is 355 g/mol. The Kier molecular flexibility index (Phi) is 4.82. The first-order valence-electron chi connectivity index (χ1n) is 6.05. The minimum atomic E-state index is -0.249. The zero-order chi connectivity index (χ0) is 14.7. The van der Waals surface area contributed by atoms with E-state index in [-0.39, 0.29) is 11.2 Å². The molecule has 5 nitrogen and oxygen atoms in total. The Labute approximate surface area is 130 Å². The van der Waals surface area contributed by atoms with Gasteiger partial charge in [-0.3, -0.25) is 4.79 Å². The van der Waals surface area contributed by atoms with E-state index in [2.05, 4.69) is 31.4 Å². The summed E-state index contributed by atoms with van der Waals surface area (Å²) in [5.74, 6) is -0.0524. The van der Waals surface area contributed by atoms with Crippen LogP contribution in [0.15, 0.2) is 34.2 Å². The lowest BCUT2D eigenvalue weighted by Gasteiger charge is -2.13. The van der Waals surface area contributed by atoms with E-state index in [0.717, 1.165) is 20.9 Å². The van der Waals surface area contributed by atoms with Crippen LogP contribution in [-0.2, 0) is 11.8 Å². The molecule has 106 valence electrons. The summed E-state index contributed by atoms with van der Waals surface area (Å²) >= 11 is 4.79. The predicted molar refractivity (Wildman–Crippen MR) is 83.8 cm³/mol. The lowest BCUT2D eigenvalue weighted by molar-refractivity contribution is -0.115. The zero-order valence-electron chi connectivity index (χ0n) is 11.4. The third-order valence-corrected chi connectivity index (χ3v) is 4.41. The number of hydrogen-bond donors (Lipinski definition) is 1. The van der Waals surface area contributed by atoms with Crippen molar-refractivity contribution in [3.63, 3.8) is 0 Å². The number of hydrogen-bond acceptors (Lipinski definition) is 4. The molecule has 1 heterocycles. The van der Waals surface area contributed by atoms with E-state index in [1.54, 1.807) is 10.9 Å². The number of benzene rings is 1. The maximum atomic E-state index is 12.2. The quantitative estimate of drug-likeness (QED) is 0.857. The lowest BCUT2D eigenvalue weighted by atomic mass is 10.2. The predicted octanol–water partition coefficient (Wildman–Crippen LogP) is 3.01. The van der Waals surface area contributed by atoms with Gasteiger partial charge in [0.15, 0.2) is 5.16 Å². The summed E-state index contributed by atoms with van der Waals surface area (Å²) in [5.41, 5.74) is 1.84. The minimum absolute atomic E-state index is 0.0524. The van der Waals surface area contributed by atoms with Crippen LogP contribution in [0.4, 0.5) is 5.69 Å². The Morgan fingerprint density at radius 3 is 2.85 bits per heavy atom. The molecule has 0 aliphatic carbocycles. The molecular weight excluding hydrogens is 340 g/mol. The van der Waals surface area contributed by atoms with Gasteiger partial charge in [0.1, 0.15) is 6.33 Å². The molecular formula is C13H15BrN4OS. The summed E-state index contributed by atoms with van der Waals surface area (Å²) in [7, 11) is 1.85. The number of anilines is 1. The van der Waals surface area contributed by atoms with Gasteiger partial charge in [-0.15, -0.1) is 10.2 Å². The largest absolute Gasteiger partial charge is 0.325 e. The van der Waals surface area contributed by atoms with Crippen LogP contribution in [0, 0.1) is 6.92 Å². The topological polar surface area (TPSA) is 59.8 Å². The van der Waals surface area contributed by atoms with Crippen molar-refractivity contribution in [1.82, 2.24) is 14.8 Å². The number of amides is 1. The number of nitrogens with zero attached hydrogens (tertiary/aromatic N) is 3. The Morgan fingerprint density at radius 1 is 1.50 bits per heavy atom. The molecule has 1 unspecified atom stereocenters. The molecule has 7 heteroatoms. The third-order valence-electron chi connectivity index (χ3n) is 2.77. The lowest BCUT2D eigenvalue weighted by Crippen LogP contribution is -2.23. The molecule has 0 spiro atoms. The van der Waals surface area contributed by atoms with Gasteiger partial charge in [0.25, 0.3) is 0 Å². The van der Waals surface area contributed by atoms with Gasteiger partial charge in [0, 0.05) is 17.2 Å². The highest BCUT2D eigenvalue weighted by molar-refractivity contribution is 9.10. The second-order valence-electron chi connectivity index (χ2n) is 4.43. The number of aryl methyl sites for hydroxylation is 2. The molecule has 1 N–H and O–H groups in total. The van der Waals surface area contributed by atoms with E-state index in [1.165, 1.54) is 11.8 Å². The summed E-state index contributed by atoms with van der Waals surface area (Å²) < 4.78 is 2.79. The SMILES string of the molecule is Cc1cc(Br)ccc1NC(=O)C(C)Sc1nncn1C. The van der Waals surface area contributed by atoms with Crippen molar-refractivity contribution in [3.8, 4) is 0 Å². The number of rotatable bonds is 4. The summed E-state index contributed by atoms with van der Waals surface area (Å²) in [6.45, 7) is 3.81. The van der Waals surface area contributed by atoms with E-state index in [0.29, 0.717) is 0 Å². The number of carbonyl (C=O) groups excluding carboxylic acids is 1. The van der Waals surface area contributed by atoms with Crippen molar-refractivity contribution in [2.75, 3.05) is 5.32 Å². The first-order chi connectivity index (χ1) is 9.47. The summed E-state index contributed by atoms with van der Waals surface area (Å²) in [6, 6.07) is 5.76. The van der Waals surface area contributed by atoms with Crippen LogP contribution in [0.5, 0.6) is 0 Å². The van der Waals surface area contributed by atoms with Gasteiger partial charge in [0.2, 0.25) is 5.91 Å². The molecule has 1 aromatic heterocycles. The third kappa shape index (κ3) is 3.61. The molecule has 0 aliphatic heterocycles. The fourth-order valence-electron chi connectivity index (χ4n) is 1.59. The van der Waals surface area contributed by atoms with Gasteiger partial charge >= 0.3 is 0 Å². The normalized spacial score (nSPS) is 12.2. The Hall–Kier alpha value is -1.34. The monoisotopic (exact) mass is 354 g/mol. The van der Waals surface area contributed by atoms with Gasteiger partial charge in [-0.1, -0.05) is 27.7 Å². The van der Waals surface area contributed by atoms with E-state index in [1.807, 2.05) is 39.1 Å². The molecule has 1 aromatic carbocycles. The maximum Gasteiger partial charge on any atom is 0.237 e. The number of halogens is 1. The molecule has 1 atom stereocenters. The summed E-state index contributed by atoms with van der Waals surface area (Å²) in [6.07, 6.45) is 1.62. The molecule has 0 radical (unpaired) electrons. The number of aromatic nitrogens is 3. The first kappa shape index (κ1) is 15.1. The summed E-state index contributed by atoms with van der Waals surface area (Å²) in [5, 5.41) is 11.2. The van der Waals surface area contributed by atoms with Crippen LogP contribution in [0.1, 0.15) is 12.5 Å². The Balaban J connectivity index is 2.02. The van der Waals surface area contributed by atoms with Gasteiger partial charge in [0.05, 0.1) is 5.25 Å². The van der Waals surface area contributed by atoms with Crippen LogP contribution in [-0.4, -0.2) is 25.9 Å². The van der Waals surface area contributed by atoms with Crippen molar-refractivity contribution >= 4 is 39.3 Å². The van der Waals surface area contributed by atoms with Gasteiger partial charge in [-0.05, 0) is 37.6 Å². The second-order valence-corrected chi connectivity index (χ2v) is 6.66. The molecule has 0 saturated carbocycles. The van der Waals surface area contributed by atoms with Gasteiger partial charge < -0.3 is 9.88 Å². The van der Waals surface area contributed by atoms with Gasteiger partial charge in [-0.25, -0.2) is 0 Å². The van der Waals surface area contributed by atoms with Crippen LogP contribution >= 0.6 is 27.7 Å². The van der Waals surface area contributed by atoms with Crippen LogP contribution in [0.25, 0.3) is 0 Å².